The van der Waals surface area contributed by atoms with E-state index in [2.05, 4.69) is 20.8 Å². The Balaban J connectivity index is 1.57. The zero-order valence-electron chi connectivity index (χ0n) is 18.5. The molecule has 1 aliphatic heterocycles. The Bertz CT molecular complexity index is 1010. The van der Waals surface area contributed by atoms with E-state index in [0.29, 0.717) is 24.6 Å². The molecule has 0 radical (unpaired) electrons. The third-order valence-corrected chi connectivity index (χ3v) is 7.28. The van der Waals surface area contributed by atoms with Gasteiger partial charge in [-0.1, -0.05) is 45.0 Å². The molecule has 1 heterocycles. The van der Waals surface area contributed by atoms with Gasteiger partial charge in [0, 0.05) is 26.2 Å². The number of hydrogen-bond donors (Lipinski definition) is 0. The number of hydrogen-bond acceptors (Lipinski definition) is 5. The van der Waals surface area contributed by atoms with Gasteiger partial charge in [-0.15, -0.1) is 0 Å². The second-order valence-corrected chi connectivity index (χ2v) is 10.4. The van der Waals surface area contributed by atoms with Gasteiger partial charge in [0.25, 0.3) is 5.91 Å². The van der Waals surface area contributed by atoms with Crippen molar-refractivity contribution in [1.82, 2.24) is 9.21 Å². The van der Waals surface area contributed by atoms with Gasteiger partial charge in [0.05, 0.1) is 12.0 Å². The number of benzene rings is 2. The minimum Gasteiger partial charge on any atom is -0.493 e. The lowest BCUT2D eigenvalue weighted by Gasteiger charge is -2.34. The summed E-state index contributed by atoms with van der Waals surface area (Å²) in [4.78, 5) is 14.4. The van der Waals surface area contributed by atoms with Gasteiger partial charge >= 0.3 is 0 Å². The van der Waals surface area contributed by atoms with Crippen molar-refractivity contribution in [1.29, 1.82) is 0 Å². The SMILES string of the molecule is COc1ccccc1OCC(=O)N1CCN(S(=O)(=O)c2ccc(C(C)(C)C)cc2)CC1. The lowest BCUT2D eigenvalue weighted by molar-refractivity contribution is -0.134. The summed E-state index contributed by atoms with van der Waals surface area (Å²) >= 11 is 0. The van der Waals surface area contributed by atoms with Gasteiger partial charge in [-0.05, 0) is 35.2 Å². The van der Waals surface area contributed by atoms with Gasteiger partial charge in [-0.25, -0.2) is 8.42 Å². The Labute approximate surface area is 184 Å². The molecular weight excluding hydrogens is 416 g/mol. The van der Waals surface area contributed by atoms with E-state index in [0.717, 1.165) is 5.56 Å². The van der Waals surface area contributed by atoms with E-state index in [1.807, 2.05) is 18.2 Å². The van der Waals surface area contributed by atoms with Crippen LogP contribution in [0.3, 0.4) is 0 Å². The molecule has 2 aromatic rings. The summed E-state index contributed by atoms with van der Waals surface area (Å²) in [6.07, 6.45) is 0. The Morgan fingerprint density at radius 2 is 1.52 bits per heavy atom. The standard InChI is InChI=1S/C23H30N2O5S/c1-23(2,3)18-9-11-19(12-10-18)31(27,28)25-15-13-24(14-16-25)22(26)17-30-21-8-6-5-7-20(21)29-4/h5-12H,13-17H2,1-4H3. The number of rotatable bonds is 6. The average Bonchev–Trinajstić information content (AvgIpc) is 2.77. The predicted molar refractivity (Wildman–Crippen MR) is 119 cm³/mol. The molecule has 7 nitrogen and oxygen atoms in total. The minimum absolute atomic E-state index is 0.0415. The molecule has 0 aliphatic carbocycles. The summed E-state index contributed by atoms with van der Waals surface area (Å²) in [7, 11) is -2.05. The van der Waals surface area contributed by atoms with Crippen LogP contribution in [0.2, 0.25) is 0 Å². The van der Waals surface area contributed by atoms with Gasteiger partial charge < -0.3 is 14.4 Å². The first-order chi connectivity index (χ1) is 14.6. The summed E-state index contributed by atoms with van der Waals surface area (Å²) in [6, 6.07) is 14.2. The van der Waals surface area contributed by atoms with Crippen molar-refractivity contribution in [3.05, 3.63) is 54.1 Å². The molecule has 168 valence electrons. The van der Waals surface area contributed by atoms with E-state index in [9.17, 15) is 13.2 Å². The quantitative estimate of drug-likeness (QED) is 0.682. The zero-order chi connectivity index (χ0) is 22.6. The highest BCUT2D eigenvalue weighted by atomic mass is 32.2. The van der Waals surface area contributed by atoms with Gasteiger partial charge in [0.2, 0.25) is 10.0 Å². The zero-order valence-corrected chi connectivity index (χ0v) is 19.3. The van der Waals surface area contributed by atoms with Crippen LogP contribution < -0.4 is 9.47 Å². The maximum Gasteiger partial charge on any atom is 0.260 e. The molecule has 3 rings (SSSR count). The van der Waals surface area contributed by atoms with Crippen molar-refractivity contribution in [3.8, 4) is 11.5 Å². The summed E-state index contributed by atoms with van der Waals surface area (Å²) in [6.45, 7) is 7.30. The third-order valence-electron chi connectivity index (χ3n) is 5.37. The second-order valence-electron chi connectivity index (χ2n) is 8.50. The van der Waals surface area contributed by atoms with Gasteiger partial charge in [0.1, 0.15) is 0 Å². The fourth-order valence-corrected chi connectivity index (χ4v) is 4.84. The number of nitrogens with zero attached hydrogens (tertiary/aromatic N) is 2. The van der Waals surface area contributed by atoms with E-state index < -0.39 is 10.0 Å². The molecule has 0 unspecified atom stereocenters. The van der Waals surface area contributed by atoms with Crippen LogP contribution in [0.25, 0.3) is 0 Å². The Kier molecular flexibility index (Phi) is 6.91. The van der Waals surface area contributed by atoms with E-state index in [1.165, 1.54) is 4.31 Å². The Hall–Kier alpha value is -2.58. The summed E-state index contributed by atoms with van der Waals surface area (Å²) < 4.78 is 38.2. The number of carbonyl (C=O) groups excluding carboxylic acids is 1. The van der Waals surface area contributed by atoms with Crippen LogP contribution in [0.4, 0.5) is 0 Å². The normalized spacial score (nSPS) is 15.5. The molecule has 1 amide bonds. The van der Waals surface area contributed by atoms with E-state index >= 15 is 0 Å². The first kappa shape index (κ1) is 23.1. The molecule has 1 aliphatic rings. The number of sulfonamides is 1. The average molecular weight is 447 g/mol. The summed E-state index contributed by atoms with van der Waals surface area (Å²) in [5, 5.41) is 0. The van der Waals surface area contributed by atoms with Gasteiger partial charge in [0.15, 0.2) is 18.1 Å². The van der Waals surface area contributed by atoms with Crippen LogP contribution in [-0.2, 0) is 20.2 Å². The van der Waals surface area contributed by atoms with Crippen molar-refractivity contribution in [3.63, 3.8) is 0 Å². The number of piperazine rings is 1. The first-order valence-electron chi connectivity index (χ1n) is 10.3. The highest BCUT2D eigenvalue weighted by molar-refractivity contribution is 7.89. The van der Waals surface area contributed by atoms with Gasteiger partial charge in [-0.3, -0.25) is 4.79 Å². The topological polar surface area (TPSA) is 76.2 Å². The van der Waals surface area contributed by atoms with Crippen LogP contribution in [0.1, 0.15) is 26.3 Å². The molecular formula is C23H30N2O5S. The molecule has 31 heavy (non-hydrogen) atoms. The monoisotopic (exact) mass is 446 g/mol. The Morgan fingerprint density at radius 3 is 2.06 bits per heavy atom. The van der Waals surface area contributed by atoms with Crippen molar-refractivity contribution in [2.24, 2.45) is 0 Å². The molecule has 1 fully saturated rings. The van der Waals surface area contributed by atoms with Crippen LogP contribution in [0.5, 0.6) is 11.5 Å². The molecule has 0 aromatic heterocycles. The maximum atomic E-state index is 13.0. The largest absolute Gasteiger partial charge is 0.493 e. The maximum absolute atomic E-state index is 13.0. The molecule has 2 aromatic carbocycles. The third kappa shape index (κ3) is 5.37. The van der Waals surface area contributed by atoms with Crippen molar-refractivity contribution >= 4 is 15.9 Å². The highest BCUT2D eigenvalue weighted by Crippen LogP contribution is 2.26. The first-order valence-corrected chi connectivity index (χ1v) is 11.7. The minimum atomic E-state index is -3.59. The van der Waals surface area contributed by atoms with Crippen LogP contribution in [0.15, 0.2) is 53.4 Å². The van der Waals surface area contributed by atoms with Crippen molar-refractivity contribution in [2.75, 3.05) is 39.9 Å². The summed E-state index contributed by atoms with van der Waals surface area (Å²) in [5.74, 6) is 0.874. The second kappa shape index (κ2) is 9.28. The molecule has 0 atom stereocenters. The molecule has 0 saturated carbocycles. The van der Waals surface area contributed by atoms with Gasteiger partial charge in [-0.2, -0.15) is 4.31 Å². The number of amides is 1. The van der Waals surface area contributed by atoms with E-state index in [4.69, 9.17) is 9.47 Å². The lowest BCUT2D eigenvalue weighted by atomic mass is 9.87. The fraction of sp³-hybridized carbons (Fsp3) is 0.435. The van der Waals surface area contributed by atoms with Crippen molar-refractivity contribution in [2.45, 2.75) is 31.1 Å². The molecule has 8 heteroatoms. The highest BCUT2D eigenvalue weighted by Gasteiger charge is 2.30. The Morgan fingerprint density at radius 1 is 0.935 bits per heavy atom. The molecule has 0 N–H and O–H groups in total. The van der Waals surface area contributed by atoms with Crippen LogP contribution >= 0.6 is 0 Å². The van der Waals surface area contributed by atoms with E-state index in [-0.39, 0.29) is 35.9 Å². The molecule has 0 bridgehead atoms. The molecule has 1 saturated heterocycles. The predicted octanol–water partition coefficient (Wildman–Crippen LogP) is 2.90. The van der Waals surface area contributed by atoms with Crippen molar-refractivity contribution < 1.29 is 22.7 Å². The van der Waals surface area contributed by atoms with E-state index in [1.54, 1.807) is 42.3 Å². The lowest BCUT2D eigenvalue weighted by Crippen LogP contribution is -2.51. The van der Waals surface area contributed by atoms with Crippen LogP contribution in [-0.4, -0.2) is 63.4 Å². The fourth-order valence-electron chi connectivity index (χ4n) is 3.42. The number of ether oxygens (including phenoxy) is 2. The number of methoxy groups -OCH3 is 1. The number of para-hydroxylation sites is 2. The van der Waals surface area contributed by atoms with Crippen LogP contribution in [0, 0.1) is 0 Å². The summed E-state index contributed by atoms with van der Waals surface area (Å²) in [5.41, 5.74) is 1.04. The smallest absolute Gasteiger partial charge is 0.260 e. The molecule has 0 spiro atoms. The number of carbonyl (C=O) groups is 1.